The Bertz CT molecular complexity index is 660. The van der Waals surface area contributed by atoms with Gasteiger partial charge in [-0.1, -0.05) is 30.4 Å². The number of likely N-dealkylation sites (tertiary alicyclic amines) is 2. The summed E-state index contributed by atoms with van der Waals surface area (Å²) in [6, 6.07) is 5.15. The molecular weight excluding hydrogens is 314 g/mol. The Hall–Kier alpha value is -2.56. The van der Waals surface area contributed by atoms with Gasteiger partial charge in [0.1, 0.15) is 0 Å². The summed E-state index contributed by atoms with van der Waals surface area (Å²) in [6.07, 6.45) is 3.29. The first-order valence-electron chi connectivity index (χ1n) is 8.77. The van der Waals surface area contributed by atoms with Gasteiger partial charge in [-0.15, -0.1) is 0 Å². The fourth-order valence-electron chi connectivity index (χ4n) is 3.33. The van der Waals surface area contributed by atoms with Crippen molar-refractivity contribution in [2.45, 2.75) is 25.7 Å². The third kappa shape index (κ3) is 3.60. The summed E-state index contributed by atoms with van der Waals surface area (Å²) in [6.45, 7) is 10.6. The van der Waals surface area contributed by atoms with Gasteiger partial charge in [-0.2, -0.15) is 0 Å². The van der Waals surface area contributed by atoms with Crippen molar-refractivity contribution in [2.75, 3.05) is 31.9 Å². The summed E-state index contributed by atoms with van der Waals surface area (Å²) < 4.78 is 0. The number of amides is 2. The van der Waals surface area contributed by atoms with Gasteiger partial charge in [0.2, 0.25) is 0 Å². The molecule has 0 radical (unpaired) electrons. The van der Waals surface area contributed by atoms with Gasteiger partial charge in [0.15, 0.2) is 0 Å². The van der Waals surface area contributed by atoms with E-state index in [0.29, 0.717) is 37.3 Å². The number of hydrogen-bond donors (Lipinski definition) is 1. The molecule has 2 heterocycles. The molecule has 1 aromatic rings. The summed E-state index contributed by atoms with van der Waals surface area (Å²) >= 11 is 0. The average molecular weight is 339 g/mol. The zero-order chi connectivity index (χ0) is 18.0. The molecule has 2 aliphatic rings. The minimum Gasteiger partial charge on any atom is -0.397 e. The Kier molecular flexibility index (Phi) is 4.93. The third-order valence-corrected chi connectivity index (χ3v) is 5.08. The molecule has 0 spiro atoms. The van der Waals surface area contributed by atoms with Crippen LogP contribution in [0.5, 0.6) is 0 Å². The Balaban J connectivity index is 1.80. The van der Waals surface area contributed by atoms with Crippen LogP contribution in [0, 0.1) is 0 Å². The molecule has 1 aromatic carbocycles. The second kappa shape index (κ2) is 7.13. The molecule has 5 heteroatoms. The Labute approximate surface area is 148 Å². The van der Waals surface area contributed by atoms with Crippen LogP contribution in [0.3, 0.4) is 0 Å². The van der Waals surface area contributed by atoms with E-state index in [1.54, 1.807) is 28.0 Å². The van der Waals surface area contributed by atoms with Crippen molar-refractivity contribution in [1.82, 2.24) is 9.80 Å². The lowest BCUT2D eigenvalue weighted by molar-refractivity contribution is 0.0744. The van der Waals surface area contributed by atoms with E-state index in [1.807, 2.05) is 0 Å². The van der Waals surface area contributed by atoms with Gasteiger partial charge in [-0.3, -0.25) is 9.59 Å². The quantitative estimate of drug-likeness (QED) is 0.665. The predicted octanol–water partition coefficient (Wildman–Crippen LogP) is 2.85. The van der Waals surface area contributed by atoms with E-state index in [4.69, 9.17) is 5.73 Å². The number of nitrogens with two attached hydrogens (primary N) is 1. The number of para-hydroxylation sites is 1. The Morgan fingerprint density at radius 1 is 0.800 bits per heavy atom. The van der Waals surface area contributed by atoms with E-state index in [0.717, 1.165) is 25.7 Å². The van der Waals surface area contributed by atoms with Crippen LogP contribution in [-0.2, 0) is 0 Å². The van der Waals surface area contributed by atoms with Crippen LogP contribution >= 0.6 is 0 Å². The number of nitrogens with zero attached hydrogens (tertiary/aromatic N) is 2. The van der Waals surface area contributed by atoms with Crippen molar-refractivity contribution in [3.8, 4) is 0 Å². The van der Waals surface area contributed by atoms with Gasteiger partial charge in [-0.25, -0.2) is 0 Å². The highest BCUT2D eigenvalue weighted by atomic mass is 16.2. The number of rotatable bonds is 2. The molecule has 2 N–H and O–H groups in total. The first-order valence-corrected chi connectivity index (χ1v) is 8.77. The molecule has 2 fully saturated rings. The standard InChI is InChI=1S/C20H25N3O2/c1-14-6-10-22(11-7-14)19(24)16-4-3-5-17(18(16)21)20(25)23-12-8-15(2)9-13-23/h3-5H,1-2,6-13,21H2. The lowest BCUT2D eigenvalue weighted by atomic mass is 10.0. The van der Waals surface area contributed by atoms with Crippen molar-refractivity contribution < 1.29 is 9.59 Å². The molecule has 5 nitrogen and oxygen atoms in total. The molecule has 25 heavy (non-hydrogen) atoms. The monoisotopic (exact) mass is 339 g/mol. The Morgan fingerprint density at radius 2 is 1.16 bits per heavy atom. The maximum atomic E-state index is 12.8. The minimum atomic E-state index is -0.105. The predicted molar refractivity (Wildman–Crippen MR) is 99.4 cm³/mol. The van der Waals surface area contributed by atoms with Crippen molar-refractivity contribution >= 4 is 17.5 Å². The topological polar surface area (TPSA) is 66.6 Å². The smallest absolute Gasteiger partial charge is 0.255 e. The second-order valence-corrected chi connectivity index (χ2v) is 6.85. The molecule has 0 aliphatic carbocycles. The van der Waals surface area contributed by atoms with Crippen LogP contribution < -0.4 is 5.73 Å². The zero-order valence-electron chi connectivity index (χ0n) is 14.6. The van der Waals surface area contributed by atoms with Crippen molar-refractivity contribution in [3.05, 3.63) is 53.6 Å². The highest BCUT2D eigenvalue weighted by Gasteiger charge is 2.26. The number of anilines is 1. The summed E-state index contributed by atoms with van der Waals surface area (Å²) in [5, 5.41) is 0. The van der Waals surface area contributed by atoms with Gasteiger partial charge < -0.3 is 15.5 Å². The normalized spacial score (nSPS) is 18.4. The van der Waals surface area contributed by atoms with Gasteiger partial charge in [-0.05, 0) is 37.8 Å². The van der Waals surface area contributed by atoms with E-state index in [9.17, 15) is 9.59 Å². The molecule has 0 saturated carbocycles. The maximum Gasteiger partial charge on any atom is 0.255 e. The summed E-state index contributed by atoms with van der Waals surface area (Å²) in [5.41, 5.74) is 9.69. The summed E-state index contributed by atoms with van der Waals surface area (Å²) in [4.78, 5) is 29.2. The fourth-order valence-corrected chi connectivity index (χ4v) is 3.33. The number of piperidine rings is 2. The van der Waals surface area contributed by atoms with E-state index in [1.165, 1.54) is 11.1 Å². The van der Waals surface area contributed by atoms with Gasteiger partial charge >= 0.3 is 0 Å². The number of carbonyl (C=O) groups is 2. The number of nitrogen functional groups attached to an aromatic ring is 1. The highest BCUT2D eigenvalue weighted by Crippen LogP contribution is 2.25. The average Bonchev–Trinajstić information content (AvgIpc) is 2.62. The molecule has 132 valence electrons. The van der Waals surface area contributed by atoms with Crippen LogP contribution in [0.2, 0.25) is 0 Å². The van der Waals surface area contributed by atoms with Crippen LogP contribution in [0.1, 0.15) is 46.4 Å². The summed E-state index contributed by atoms with van der Waals surface area (Å²) in [7, 11) is 0. The van der Waals surface area contributed by atoms with Crippen LogP contribution in [-0.4, -0.2) is 47.8 Å². The van der Waals surface area contributed by atoms with E-state index < -0.39 is 0 Å². The SMILES string of the molecule is C=C1CCN(C(=O)c2cccc(C(=O)N3CCC(=C)CC3)c2N)CC1. The fraction of sp³-hybridized carbons (Fsp3) is 0.400. The molecule has 3 rings (SSSR count). The number of carbonyl (C=O) groups excluding carboxylic acids is 2. The molecular formula is C20H25N3O2. The lowest BCUT2D eigenvalue weighted by Gasteiger charge is -2.30. The number of hydrogen-bond acceptors (Lipinski definition) is 3. The van der Waals surface area contributed by atoms with Crippen molar-refractivity contribution in [1.29, 1.82) is 0 Å². The highest BCUT2D eigenvalue weighted by molar-refractivity contribution is 6.07. The maximum absolute atomic E-state index is 12.8. The Morgan fingerprint density at radius 3 is 1.52 bits per heavy atom. The number of benzene rings is 1. The largest absolute Gasteiger partial charge is 0.397 e. The van der Waals surface area contributed by atoms with E-state index in [-0.39, 0.29) is 17.5 Å². The second-order valence-electron chi connectivity index (χ2n) is 6.85. The minimum absolute atomic E-state index is 0.105. The van der Waals surface area contributed by atoms with Crippen LogP contribution in [0.25, 0.3) is 0 Å². The molecule has 0 unspecified atom stereocenters. The van der Waals surface area contributed by atoms with E-state index in [2.05, 4.69) is 13.2 Å². The molecule has 0 bridgehead atoms. The summed E-state index contributed by atoms with van der Waals surface area (Å²) in [5.74, 6) is -0.210. The van der Waals surface area contributed by atoms with Crippen LogP contribution in [0.4, 0.5) is 5.69 Å². The van der Waals surface area contributed by atoms with Crippen molar-refractivity contribution in [3.63, 3.8) is 0 Å². The van der Waals surface area contributed by atoms with Gasteiger partial charge in [0.05, 0.1) is 16.8 Å². The zero-order valence-corrected chi connectivity index (χ0v) is 14.6. The molecule has 2 aliphatic heterocycles. The van der Waals surface area contributed by atoms with Crippen molar-refractivity contribution in [2.24, 2.45) is 0 Å². The first-order chi connectivity index (χ1) is 12.0. The first kappa shape index (κ1) is 17.3. The van der Waals surface area contributed by atoms with Crippen LogP contribution in [0.15, 0.2) is 42.5 Å². The third-order valence-electron chi connectivity index (χ3n) is 5.08. The van der Waals surface area contributed by atoms with E-state index >= 15 is 0 Å². The molecule has 0 atom stereocenters. The molecule has 2 amide bonds. The van der Waals surface area contributed by atoms with Gasteiger partial charge in [0, 0.05) is 26.2 Å². The molecule has 0 aromatic heterocycles. The van der Waals surface area contributed by atoms with Gasteiger partial charge in [0.25, 0.3) is 11.8 Å². The molecule has 2 saturated heterocycles. The lowest BCUT2D eigenvalue weighted by Crippen LogP contribution is -2.38.